The zero-order valence-electron chi connectivity index (χ0n) is 14.6. The highest BCUT2D eigenvalue weighted by Crippen LogP contribution is 2.32. The minimum atomic E-state index is -4.72. The molecule has 0 fully saturated rings. The number of hydrogen-bond donors (Lipinski definition) is 2. The molecule has 2 rings (SSSR count). The Balaban J connectivity index is 0.00000392. The van der Waals surface area contributed by atoms with Gasteiger partial charge in [-0.2, -0.15) is 22.0 Å². The van der Waals surface area contributed by atoms with Crippen LogP contribution in [0, 0.1) is 5.82 Å². The summed E-state index contributed by atoms with van der Waals surface area (Å²) in [5, 5.41) is 5.52. The standard InChI is InChI=1S/C16H17F6N5.HI/c1-2-23-15(26-9-13-24-5-6-27(13)14(18)19)25-8-10-3-4-11(17)7-12(10)16(20,21)22;/h3-7,14H,2,8-9H2,1H3,(H2,23,25,26);1H. The number of nitrogens with one attached hydrogen (secondary N) is 2. The number of hydrogen-bond acceptors (Lipinski definition) is 2. The van der Waals surface area contributed by atoms with Gasteiger partial charge in [0.05, 0.1) is 18.7 Å². The molecule has 0 spiro atoms. The highest BCUT2D eigenvalue weighted by Gasteiger charge is 2.33. The summed E-state index contributed by atoms with van der Waals surface area (Å²) in [6, 6.07) is 2.33. The van der Waals surface area contributed by atoms with E-state index in [2.05, 4.69) is 20.6 Å². The minimum absolute atomic E-state index is 0. The predicted molar refractivity (Wildman–Crippen MR) is 102 cm³/mol. The molecular formula is C16H18F6IN5. The summed E-state index contributed by atoms with van der Waals surface area (Å²) in [5.41, 5.74) is -1.33. The Morgan fingerprint density at radius 3 is 2.57 bits per heavy atom. The molecule has 2 aromatic rings. The topological polar surface area (TPSA) is 54.2 Å². The number of alkyl halides is 5. The van der Waals surface area contributed by atoms with Crippen molar-refractivity contribution < 1.29 is 26.3 Å². The average Bonchev–Trinajstić information content (AvgIpc) is 3.06. The molecule has 1 aromatic heterocycles. The van der Waals surface area contributed by atoms with Crippen LogP contribution in [0.3, 0.4) is 0 Å². The normalized spacial score (nSPS) is 12.1. The minimum Gasteiger partial charge on any atom is -0.357 e. The fraction of sp³-hybridized carbons (Fsp3) is 0.375. The number of guanidine groups is 1. The molecule has 0 aliphatic carbocycles. The van der Waals surface area contributed by atoms with Gasteiger partial charge in [-0.3, -0.25) is 4.57 Å². The number of imidazole rings is 1. The van der Waals surface area contributed by atoms with E-state index >= 15 is 0 Å². The Kier molecular flexibility index (Phi) is 9.04. The molecule has 1 heterocycles. The van der Waals surface area contributed by atoms with Crippen molar-refractivity contribution in [3.63, 3.8) is 0 Å². The third-order valence-corrected chi connectivity index (χ3v) is 3.50. The smallest absolute Gasteiger partial charge is 0.357 e. The van der Waals surface area contributed by atoms with E-state index in [0.29, 0.717) is 17.2 Å². The second kappa shape index (κ2) is 10.5. The van der Waals surface area contributed by atoms with E-state index in [-0.39, 0.29) is 54.4 Å². The van der Waals surface area contributed by atoms with Gasteiger partial charge in [0, 0.05) is 18.9 Å². The Bertz CT molecular complexity index is 790. The van der Waals surface area contributed by atoms with Crippen molar-refractivity contribution in [1.29, 1.82) is 0 Å². The van der Waals surface area contributed by atoms with E-state index in [4.69, 9.17) is 0 Å². The maximum Gasteiger partial charge on any atom is 0.416 e. The van der Waals surface area contributed by atoms with Crippen LogP contribution in [-0.4, -0.2) is 22.1 Å². The molecule has 12 heteroatoms. The molecule has 0 radical (unpaired) electrons. The van der Waals surface area contributed by atoms with Gasteiger partial charge in [0.15, 0.2) is 5.96 Å². The molecule has 0 saturated carbocycles. The lowest BCUT2D eigenvalue weighted by molar-refractivity contribution is -0.138. The zero-order chi connectivity index (χ0) is 20.0. The van der Waals surface area contributed by atoms with Crippen LogP contribution in [-0.2, 0) is 19.3 Å². The van der Waals surface area contributed by atoms with Crippen LogP contribution in [0.4, 0.5) is 26.3 Å². The Hall–Kier alpha value is -1.99. The van der Waals surface area contributed by atoms with Crippen molar-refractivity contribution >= 4 is 29.9 Å². The van der Waals surface area contributed by atoms with Crippen LogP contribution in [0.5, 0.6) is 0 Å². The molecule has 0 atom stereocenters. The second-order valence-corrected chi connectivity index (χ2v) is 5.38. The van der Waals surface area contributed by atoms with E-state index < -0.39 is 24.1 Å². The zero-order valence-corrected chi connectivity index (χ0v) is 16.9. The molecule has 0 saturated heterocycles. The molecule has 156 valence electrons. The highest BCUT2D eigenvalue weighted by atomic mass is 127. The highest BCUT2D eigenvalue weighted by molar-refractivity contribution is 14.0. The summed E-state index contributed by atoms with van der Waals surface area (Å²) in [6.45, 7) is -1.13. The number of aliphatic imine (C=N–C) groups is 1. The van der Waals surface area contributed by atoms with Gasteiger partial charge < -0.3 is 10.6 Å². The van der Waals surface area contributed by atoms with Gasteiger partial charge in [0.2, 0.25) is 0 Å². The van der Waals surface area contributed by atoms with Crippen LogP contribution < -0.4 is 10.6 Å². The Labute approximate surface area is 174 Å². The third kappa shape index (κ3) is 6.56. The van der Waals surface area contributed by atoms with E-state index in [1.165, 1.54) is 6.20 Å². The molecule has 0 aliphatic rings. The monoisotopic (exact) mass is 521 g/mol. The molecule has 0 bridgehead atoms. The van der Waals surface area contributed by atoms with E-state index in [1.54, 1.807) is 6.92 Å². The van der Waals surface area contributed by atoms with Crippen molar-refractivity contribution in [2.45, 2.75) is 32.7 Å². The molecule has 0 unspecified atom stereocenters. The number of nitrogens with zero attached hydrogens (tertiary/aromatic N) is 3. The molecule has 1 aromatic carbocycles. The number of rotatable bonds is 6. The van der Waals surface area contributed by atoms with Gasteiger partial charge in [-0.15, -0.1) is 24.0 Å². The molecule has 0 aliphatic heterocycles. The van der Waals surface area contributed by atoms with Gasteiger partial charge >= 0.3 is 12.7 Å². The van der Waals surface area contributed by atoms with E-state index in [0.717, 1.165) is 18.3 Å². The molecule has 5 nitrogen and oxygen atoms in total. The van der Waals surface area contributed by atoms with Crippen LogP contribution >= 0.6 is 24.0 Å². The lowest BCUT2D eigenvalue weighted by atomic mass is 10.1. The Morgan fingerprint density at radius 1 is 1.25 bits per heavy atom. The fourth-order valence-electron chi connectivity index (χ4n) is 2.28. The van der Waals surface area contributed by atoms with Crippen molar-refractivity contribution in [2.24, 2.45) is 4.99 Å². The second-order valence-electron chi connectivity index (χ2n) is 5.38. The average molecular weight is 521 g/mol. The molecular weight excluding hydrogens is 503 g/mol. The van der Waals surface area contributed by atoms with Gasteiger partial charge in [0.25, 0.3) is 0 Å². The van der Waals surface area contributed by atoms with Crippen molar-refractivity contribution in [1.82, 2.24) is 20.2 Å². The van der Waals surface area contributed by atoms with Gasteiger partial charge in [-0.25, -0.2) is 14.4 Å². The largest absolute Gasteiger partial charge is 0.416 e. The lowest BCUT2D eigenvalue weighted by Gasteiger charge is -2.14. The van der Waals surface area contributed by atoms with Crippen molar-refractivity contribution in [3.05, 3.63) is 53.4 Å². The Morgan fingerprint density at radius 2 is 1.96 bits per heavy atom. The van der Waals surface area contributed by atoms with Crippen molar-refractivity contribution in [2.75, 3.05) is 6.54 Å². The lowest BCUT2D eigenvalue weighted by Crippen LogP contribution is -2.37. The summed E-state index contributed by atoms with van der Waals surface area (Å²) < 4.78 is 78.5. The van der Waals surface area contributed by atoms with E-state index in [9.17, 15) is 26.3 Å². The summed E-state index contributed by atoms with van der Waals surface area (Å²) in [4.78, 5) is 7.80. The molecule has 28 heavy (non-hydrogen) atoms. The van der Waals surface area contributed by atoms with Crippen LogP contribution in [0.15, 0.2) is 35.6 Å². The van der Waals surface area contributed by atoms with Gasteiger partial charge in [-0.05, 0) is 24.6 Å². The fourth-order valence-corrected chi connectivity index (χ4v) is 2.28. The SMILES string of the molecule is CCNC(=NCc1ccc(F)cc1C(F)(F)F)NCc1nccn1C(F)F.I. The summed E-state index contributed by atoms with van der Waals surface area (Å²) in [6.07, 6.45) is -2.40. The van der Waals surface area contributed by atoms with Crippen LogP contribution in [0.1, 0.15) is 30.4 Å². The van der Waals surface area contributed by atoms with Gasteiger partial charge in [-0.1, -0.05) is 6.07 Å². The quantitative estimate of drug-likeness (QED) is 0.258. The first kappa shape index (κ1) is 24.0. The summed E-state index contributed by atoms with van der Waals surface area (Å²) >= 11 is 0. The number of halogens is 7. The maximum atomic E-state index is 13.1. The number of benzene rings is 1. The summed E-state index contributed by atoms with van der Waals surface area (Å²) in [5.74, 6) is -0.856. The van der Waals surface area contributed by atoms with E-state index in [1.807, 2.05) is 0 Å². The molecule has 2 N–H and O–H groups in total. The first-order valence-corrected chi connectivity index (χ1v) is 7.90. The predicted octanol–water partition coefficient (Wildman–Crippen LogP) is 4.31. The summed E-state index contributed by atoms with van der Waals surface area (Å²) in [7, 11) is 0. The number of aromatic nitrogens is 2. The van der Waals surface area contributed by atoms with Crippen LogP contribution in [0.25, 0.3) is 0 Å². The van der Waals surface area contributed by atoms with Crippen LogP contribution in [0.2, 0.25) is 0 Å². The molecule has 0 amide bonds. The third-order valence-electron chi connectivity index (χ3n) is 3.50. The van der Waals surface area contributed by atoms with Gasteiger partial charge in [0.1, 0.15) is 11.6 Å². The first-order chi connectivity index (χ1) is 12.7. The van der Waals surface area contributed by atoms with Crippen molar-refractivity contribution in [3.8, 4) is 0 Å². The maximum absolute atomic E-state index is 13.1. The first-order valence-electron chi connectivity index (χ1n) is 7.90.